The topological polar surface area (TPSA) is 128 Å². The van der Waals surface area contributed by atoms with E-state index < -0.39 is 29.6 Å². The standard InChI is InChI=1S/C15H22F3N7O3S/c1-3-24-7-19-10-12(21-9-4-5-25(6-9)29(27)28)22-14(23-13(10)24)20-8(2)11(26)15(16,17)18/h7-9,11,26H,3-6H2,1-2H3,(H,27,28)(H2,20,21,22,23). The van der Waals surface area contributed by atoms with Crippen molar-refractivity contribution in [3.63, 3.8) is 0 Å². The van der Waals surface area contributed by atoms with Crippen LogP contribution in [0.15, 0.2) is 6.33 Å². The van der Waals surface area contributed by atoms with E-state index in [1.54, 1.807) is 10.9 Å². The second-order valence-electron chi connectivity index (χ2n) is 6.77. The minimum atomic E-state index is -4.78. The maximum atomic E-state index is 12.8. The van der Waals surface area contributed by atoms with Gasteiger partial charge in [-0.25, -0.2) is 9.19 Å². The van der Waals surface area contributed by atoms with Crippen LogP contribution in [0.3, 0.4) is 0 Å². The van der Waals surface area contributed by atoms with E-state index >= 15 is 0 Å². The molecule has 4 unspecified atom stereocenters. The van der Waals surface area contributed by atoms with Crippen molar-refractivity contribution in [3.8, 4) is 0 Å². The average Bonchev–Trinajstić information content (AvgIpc) is 3.27. The molecule has 4 N–H and O–H groups in total. The molecule has 1 saturated heterocycles. The van der Waals surface area contributed by atoms with Crippen molar-refractivity contribution in [1.82, 2.24) is 23.8 Å². The Hall–Kier alpha value is -2.03. The fourth-order valence-electron chi connectivity index (χ4n) is 3.09. The first kappa shape index (κ1) is 21.7. The first-order chi connectivity index (χ1) is 13.6. The highest BCUT2D eigenvalue weighted by Crippen LogP contribution is 2.26. The molecule has 0 aliphatic carbocycles. The van der Waals surface area contributed by atoms with Gasteiger partial charge in [-0.2, -0.15) is 27.4 Å². The summed E-state index contributed by atoms with van der Waals surface area (Å²) in [5.74, 6) is 0.209. The van der Waals surface area contributed by atoms with E-state index in [9.17, 15) is 27.0 Å². The van der Waals surface area contributed by atoms with Gasteiger partial charge in [0, 0.05) is 25.7 Å². The van der Waals surface area contributed by atoms with Crippen molar-refractivity contribution in [1.29, 1.82) is 0 Å². The lowest BCUT2D eigenvalue weighted by Crippen LogP contribution is -2.42. The number of aryl methyl sites for hydroxylation is 1. The van der Waals surface area contributed by atoms with Crippen molar-refractivity contribution < 1.29 is 27.0 Å². The predicted molar refractivity (Wildman–Crippen MR) is 101 cm³/mol. The Labute approximate surface area is 166 Å². The minimum Gasteiger partial charge on any atom is -0.382 e. The third-order valence-electron chi connectivity index (χ3n) is 4.68. The highest BCUT2D eigenvalue weighted by molar-refractivity contribution is 7.76. The molecule has 0 radical (unpaired) electrons. The third kappa shape index (κ3) is 4.76. The van der Waals surface area contributed by atoms with Gasteiger partial charge in [0.2, 0.25) is 17.2 Å². The van der Waals surface area contributed by atoms with Gasteiger partial charge in [0.15, 0.2) is 23.1 Å². The van der Waals surface area contributed by atoms with Gasteiger partial charge < -0.3 is 20.3 Å². The van der Waals surface area contributed by atoms with E-state index in [-0.39, 0.29) is 12.0 Å². The number of nitrogens with one attached hydrogen (secondary N) is 2. The first-order valence-corrected chi connectivity index (χ1v) is 10.0. The van der Waals surface area contributed by atoms with Crippen LogP contribution in [0.4, 0.5) is 24.9 Å². The molecule has 1 aliphatic rings. The molecule has 2 aromatic heterocycles. The minimum absolute atomic E-state index is 0.0911. The molecule has 0 saturated carbocycles. The van der Waals surface area contributed by atoms with Gasteiger partial charge >= 0.3 is 6.18 Å². The monoisotopic (exact) mass is 437 g/mol. The first-order valence-electron chi connectivity index (χ1n) is 8.96. The van der Waals surface area contributed by atoms with Crippen molar-refractivity contribution in [2.24, 2.45) is 0 Å². The Bertz CT molecular complexity index is 894. The van der Waals surface area contributed by atoms with Gasteiger partial charge in [-0.05, 0) is 20.3 Å². The summed E-state index contributed by atoms with van der Waals surface area (Å²) >= 11 is -2.08. The van der Waals surface area contributed by atoms with Crippen LogP contribution in [0.1, 0.15) is 20.3 Å². The molecule has 4 atom stereocenters. The van der Waals surface area contributed by atoms with Crippen molar-refractivity contribution >= 4 is 34.2 Å². The number of aromatic nitrogens is 4. The zero-order valence-corrected chi connectivity index (χ0v) is 16.5. The van der Waals surface area contributed by atoms with Gasteiger partial charge in [-0.1, -0.05) is 0 Å². The van der Waals surface area contributed by atoms with Gasteiger partial charge in [0.25, 0.3) is 0 Å². The van der Waals surface area contributed by atoms with Crippen LogP contribution in [-0.4, -0.2) is 75.1 Å². The summed E-state index contributed by atoms with van der Waals surface area (Å²) in [6, 6.07) is -1.57. The van der Waals surface area contributed by atoms with Crippen LogP contribution < -0.4 is 10.6 Å². The fraction of sp³-hybridized carbons (Fsp3) is 0.667. The number of anilines is 2. The van der Waals surface area contributed by atoms with Gasteiger partial charge in [0.1, 0.15) is 0 Å². The van der Waals surface area contributed by atoms with Gasteiger partial charge in [-0.15, -0.1) is 0 Å². The number of rotatable bonds is 7. The lowest BCUT2D eigenvalue weighted by atomic mass is 10.2. The molecule has 10 nitrogen and oxygen atoms in total. The summed E-state index contributed by atoms with van der Waals surface area (Å²) in [6.45, 7) is 4.30. The molecule has 3 heterocycles. The van der Waals surface area contributed by atoms with Crippen LogP contribution in [-0.2, 0) is 17.8 Å². The Morgan fingerprint density at radius 3 is 2.72 bits per heavy atom. The summed E-state index contributed by atoms with van der Waals surface area (Å²) in [5.41, 5.74) is 0.853. The van der Waals surface area contributed by atoms with E-state index in [2.05, 4.69) is 25.6 Å². The van der Waals surface area contributed by atoms with Crippen molar-refractivity contribution in [2.75, 3.05) is 23.7 Å². The number of aliphatic hydroxyl groups excluding tert-OH is 1. The van der Waals surface area contributed by atoms with E-state index in [4.69, 9.17) is 0 Å². The number of alkyl halides is 3. The second kappa shape index (κ2) is 8.38. The van der Waals surface area contributed by atoms with Crippen LogP contribution in [0.25, 0.3) is 11.2 Å². The maximum absolute atomic E-state index is 12.8. The molecule has 1 aliphatic heterocycles. The van der Waals surface area contributed by atoms with Crippen LogP contribution in [0, 0.1) is 0 Å². The summed E-state index contributed by atoms with van der Waals surface area (Å²) < 4.78 is 61.8. The van der Waals surface area contributed by atoms with E-state index in [0.29, 0.717) is 43.0 Å². The highest BCUT2D eigenvalue weighted by Gasteiger charge is 2.42. The molecule has 3 rings (SSSR count). The highest BCUT2D eigenvalue weighted by atomic mass is 32.2. The number of hydrogen-bond donors (Lipinski definition) is 4. The number of hydrogen-bond acceptors (Lipinski definition) is 7. The van der Waals surface area contributed by atoms with E-state index in [1.165, 1.54) is 11.2 Å². The summed E-state index contributed by atoms with van der Waals surface area (Å²) in [7, 11) is 0. The lowest BCUT2D eigenvalue weighted by molar-refractivity contribution is -0.206. The SMILES string of the molecule is CCn1cnc2c(NC3CCN(S(=O)O)C3)nc(NC(C)C(O)C(F)(F)F)nc21. The Kier molecular flexibility index (Phi) is 6.26. The molecule has 14 heteroatoms. The molecule has 2 aromatic rings. The fourth-order valence-corrected chi connectivity index (χ4v) is 3.66. The quantitative estimate of drug-likeness (QED) is 0.476. The summed E-state index contributed by atoms with van der Waals surface area (Å²) in [5, 5.41) is 15.1. The van der Waals surface area contributed by atoms with Gasteiger partial charge in [-0.3, -0.25) is 4.55 Å². The molecule has 0 bridgehead atoms. The summed E-state index contributed by atoms with van der Waals surface area (Å²) in [4.78, 5) is 12.8. The Morgan fingerprint density at radius 2 is 2.14 bits per heavy atom. The van der Waals surface area contributed by atoms with Crippen molar-refractivity contribution in [3.05, 3.63) is 6.33 Å². The lowest BCUT2D eigenvalue weighted by Gasteiger charge is -2.23. The molecule has 162 valence electrons. The normalized spacial score (nSPS) is 21.3. The summed E-state index contributed by atoms with van der Waals surface area (Å²) in [6.07, 6.45) is -5.24. The number of aliphatic hydroxyl groups is 1. The van der Waals surface area contributed by atoms with E-state index in [0.717, 1.165) is 0 Å². The molecule has 0 amide bonds. The van der Waals surface area contributed by atoms with Crippen LogP contribution in [0.5, 0.6) is 0 Å². The predicted octanol–water partition coefficient (Wildman–Crippen LogP) is 1.19. The number of fused-ring (bicyclic) bond motifs is 1. The second-order valence-corrected chi connectivity index (χ2v) is 7.74. The number of imidazole rings is 1. The number of nitrogens with zero attached hydrogens (tertiary/aromatic N) is 5. The number of halogens is 3. The third-order valence-corrected chi connectivity index (χ3v) is 5.46. The van der Waals surface area contributed by atoms with Gasteiger partial charge in [0.05, 0.1) is 12.4 Å². The Balaban J connectivity index is 1.88. The van der Waals surface area contributed by atoms with Crippen molar-refractivity contribution in [2.45, 2.75) is 51.2 Å². The molecule has 0 aromatic carbocycles. The molecule has 0 spiro atoms. The van der Waals surface area contributed by atoms with E-state index in [1.807, 2.05) is 6.92 Å². The molecular weight excluding hydrogens is 415 g/mol. The van der Waals surface area contributed by atoms with Crippen LogP contribution >= 0.6 is 0 Å². The van der Waals surface area contributed by atoms with Crippen LogP contribution in [0.2, 0.25) is 0 Å². The Morgan fingerprint density at radius 1 is 1.41 bits per heavy atom. The molecule has 1 fully saturated rings. The zero-order chi connectivity index (χ0) is 21.3. The zero-order valence-electron chi connectivity index (χ0n) is 15.7. The smallest absolute Gasteiger partial charge is 0.382 e. The largest absolute Gasteiger partial charge is 0.416 e. The maximum Gasteiger partial charge on any atom is 0.416 e. The molecule has 29 heavy (non-hydrogen) atoms. The average molecular weight is 437 g/mol. The molecular formula is C15H22F3N7O3S.